The molecular formula is C16H26N6O2. The third-order valence-corrected chi connectivity index (χ3v) is 4.94. The summed E-state index contributed by atoms with van der Waals surface area (Å²) < 4.78 is 1.56. The van der Waals surface area contributed by atoms with E-state index in [1.807, 2.05) is 9.80 Å². The molecule has 1 aliphatic carbocycles. The van der Waals surface area contributed by atoms with E-state index in [9.17, 15) is 9.59 Å². The lowest BCUT2D eigenvalue weighted by Gasteiger charge is -2.34. The zero-order valence-corrected chi connectivity index (χ0v) is 14.5. The van der Waals surface area contributed by atoms with E-state index in [4.69, 9.17) is 0 Å². The van der Waals surface area contributed by atoms with Crippen molar-refractivity contribution in [2.75, 3.05) is 19.6 Å². The molecule has 1 unspecified atom stereocenters. The Bertz CT molecular complexity index is 569. The number of aryl methyl sites for hydroxylation is 1. The van der Waals surface area contributed by atoms with Gasteiger partial charge in [-0.2, -0.15) is 0 Å². The third-order valence-electron chi connectivity index (χ3n) is 4.94. The predicted octanol–water partition coefficient (Wildman–Crippen LogP) is 0.559. The predicted molar refractivity (Wildman–Crippen MR) is 86.7 cm³/mol. The van der Waals surface area contributed by atoms with Crippen molar-refractivity contribution in [3.63, 3.8) is 0 Å². The van der Waals surface area contributed by atoms with Crippen molar-refractivity contribution in [1.29, 1.82) is 0 Å². The first-order valence-corrected chi connectivity index (χ1v) is 8.82. The maximum Gasteiger partial charge on any atom is 0.224 e. The van der Waals surface area contributed by atoms with Gasteiger partial charge < -0.3 is 9.80 Å². The van der Waals surface area contributed by atoms with Crippen molar-refractivity contribution in [2.24, 2.45) is 11.8 Å². The number of rotatable bonds is 6. The van der Waals surface area contributed by atoms with Crippen molar-refractivity contribution >= 4 is 11.8 Å². The molecule has 0 N–H and O–H groups in total. The largest absolute Gasteiger partial charge is 0.340 e. The van der Waals surface area contributed by atoms with E-state index in [0.29, 0.717) is 44.3 Å². The molecular weight excluding hydrogens is 308 g/mol. The Kier molecular flexibility index (Phi) is 5.11. The Labute approximate surface area is 142 Å². The summed E-state index contributed by atoms with van der Waals surface area (Å²) in [6.45, 7) is 6.73. The fourth-order valence-electron chi connectivity index (χ4n) is 3.24. The molecule has 1 atom stereocenters. The van der Waals surface area contributed by atoms with Crippen LogP contribution in [0.25, 0.3) is 0 Å². The lowest BCUT2D eigenvalue weighted by atomic mass is 10.0. The summed E-state index contributed by atoms with van der Waals surface area (Å²) in [7, 11) is 0. The van der Waals surface area contributed by atoms with Gasteiger partial charge in [-0.3, -0.25) is 9.59 Å². The van der Waals surface area contributed by atoms with Gasteiger partial charge in [-0.1, -0.05) is 13.8 Å². The number of carbonyl (C=O) groups excluding carboxylic acids is 2. The Morgan fingerprint density at radius 1 is 1.38 bits per heavy atom. The quantitative estimate of drug-likeness (QED) is 0.759. The van der Waals surface area contributed by atoms with Crippen LogP contribution in [0.5, 0.6) is 0 Å². The average Bonchev–Trinajstić information content (AvgIpc) is 3.26. The number of hydrogen-bond donors (Lipinski definition) is 0. The van der Waals surface area contributed by atoms with Crippen molar-refractivity contribution in [3.05, 3.63) is 6.33 Å². The highest BCUT2D eigenvalue weighted by Gasteiger charge is 2.36. The molecule has 0 spiro atoms. The van der Waals surface area contributed by atoms with Crippen LogP contribution in [0.4, 0.5) is 0 Å². The van der Waals surface area contributed by atoms with E-state index >= 15 is 0 Å². The first-order valence-electron chi connectivity index (χ1n) is 8.82. The molecule has 2 heterocycles. The van der Waals surface area contributed by atoms with Gasteiger partial charge in [0.25, 0.3) is 0 Å². The molecule has 2 amide bonds. The van der Waals surface area contributed by atoms with Crippen LogP contribution in [0.1, 0.15) is 39.5 Å². The zero-order chi connectivity index (χ0) is 17.1. The minimum Gasteiger partial charge on any atom is -0.340 e. The van der Waals surface area contributed by atoms with Crippen LogP contribution in [0.3, 0.4) is 0 Å². The molecule has 0 radical (unpaired) electrons. The lowest BCUT2D eigenvalue weighted by Crippen LogP contribution is -2.48. The molecule has 2 aliphatic rings. The Hall–Kier alpha value is -1.99. The van der Waals surface area contributed by atoms with E-state index < -0.39 is 0 Å². The van der Waals surface area contributed by atoms with Crippen LogP contribution >= 0.6 is 0 Å². The van der Waals surface area contributed by atoms with Crippen LogP contribution < -0.4 is 0 Å². The van der Waals surface area contributed by atoms with Gasteiger partial charge in [0.2, 0.25) is 11.8 Å². The number of carbonyl (C=O) groups is 2. The highest BCUT2D eigenvalue weighted by atomic mass is 16.2. The monoisotopic (exact) mass is 334 g/mol. The standard InChI is InChI=1S/C16H26N6O2/c1-12(2)14-10-20(15(23)6-8-21-11-17-18-19-21)7-5-16(24)22(14)9-13-3-4-13/h11-14H,3-10H2,1-2H3. The van der Waals surface area contributed by atoms with Crippen molar-refractivity contribution in [2.45, 2.75) is 52.1 Å². The molecule has 1 aliphatic heterocycles. The number of tetrazole rings is 1. The van der Waals surface area contributed by atoms with E-state index in [0.717, 1.165) is 6.54 Å². The SMILES string of the molecule is CC(C)C1CN(C(=O)CCn2cnnn2)CCC(=O)N1CC1CC1. The smallest absolute Gasteiger partial charge is 0.224 e. The fraction of sp³-hybridized carbons (Fsp3) is 0.812. The number of nitrogens with zero attached hydrogens (tertiary/aromatic N) is 6. The summed E-state index contributed by atoms with van der Waals surface area (Å²) in [6.07, 6.45) is 4.74. The lowest BCUT2D eigenvalue weighted by molar-refractivity contribution is -0.134. The van der Waals surface area contributed by atoms with Crippen LogP contribution in [0.15, 0.2) is 6.33 Å². The van der Waals surface area contributed by atoms with E-state index in [1.54, 1.807) is 4.68 Å². The minimum atomic E-state index is 0.0669. The Morgan fingerprint density at radius 3 is 2.79 bits per heavy atom. The van der Waals surface area contributed by atoms with Crippen LogP contribution in [0.2, 0.25) is 0 Å². The van der Waals surface area contributed by atoms with Crippen molar-refractivity contribution in [1.82, 2.24) is 30.0 Å². The normalized spacial score (nSPS) is 22.1. The van der Waals surface area contributed by atoms with Gasteiger partial charge in [0.05, 0.1) is 12.6 Å². The van der Waals surface area contributed by atoms with Gasteiger partial charge in [-0.25, -0.2) is 4.68 Å². The summed E-state index contributed by atoms with van der Waals surface area (Å²) in [5.74, 6) is 1.26. The highest BCUT2D eigenvalue weighted by Crippen LogP contribution is 2.32. The van der Waals surface area contributed by atoms with Crippen LogP contribution in [0, 0.1) is 11.8 Å². The molecule has 132 valence electrons. The molecule has 8 nitrogen and oxygen atoms in total. The van der Waals surface area contributed by atoms with Gasteiger partial charge in [0.15, 0.2) is 0 Å². The highest BCUT2D eigenvalue weighted by molar-refractivity contribution is 5.80. The number of aromatic nitrogens is 4. The second-order valence-corrected chi connectivity index (χ2v) is 7.21. The first kappa shape index (κ1) is 16.9. The summed E-state index contributed by atoms with van der Waals surface area (Å²) in [5, 5.41) is 10.9. The average molecular weight is 334 g/mol. The molecule has 8 heteroatoms. The molecule has 1 aromatic rings. The van der Waals surface area contributed by atoms with Crippen molar-refractivity contribution < 1.29 is 9.59 Å². The second-order valence-electron chi connectivity index (χ2n) is 7.21. The minimum absolute atomic E-state index is 0.0669. The summed E-state index contributed by atoms with van der Waals surface area (Å²) >= 11 is 0. The van der Waals surface area contributed by atoms with Gasteiger partial charge in [0, 0.05) is 32.5 Å². The summed E-state index contributed by atoms with van der Waals surface area (Å²) in [4.78, 5) is 29.0. The molecule has 3 rings (SSSR count). The Balaban J connectivity index is 1.63. The van der Waals surface area contributed by atoms with Gasteiger partial charge in [-0.15, -0.1) is 5.10 Å². The topological polar surface area (TPSA) is 84.2 Å². The molecule has 0 bridgehead atoms. The molecule has 1 aromatic heterocycles. The fourth-order valence-corrected chi connectivity index (χ4v) is 3.24. The summed E-state index contributed by atoms with van der Waals surface area (Å²) in [6, 6.07) is 0.109. The summed E-state index contributed by atoms with van der Waals surface area (Å²) in [5.41, 5.74) is 0. The number of hydrogen-bond acceptors (Lipinski definition) is 5. The molecule has 2 fully saturated rings. The van der Waals surface area contributed by atoms with E-state index in [2.05, 4.69) is 29.4 Å². The maximum absolute atomic E-state index is 12.6. The van der Waals surface area contributed by atoms with E-state index in [-0.39, 0.29) is 17.9 Å². The zero-order valence-electron chi connectivity index (χ0n) is 14.5. The molecule has 1 saturated heterocycles. The van der Waals surface area contributed by atoms with Crippen LogP contribution in [-0.4, -0.2) is 67.5 Å². The number of amides is 2. The molecule has 1 saturated carbocycles. The van der Waals surface area contributed by atoms with Gasteiger partial charge >= 0.3 is 0 Å². The van der Waals surface area contributed by atoms with Gasteiger partial charge in [0.1, 0.15) is 6.33 Å². The maximum atomic E-state index is 12.6. The second kappa shape index (κ2) is 7.27. The molecule has 24 heavy (non-hydrogen) atoms. The van der Waals surface area contributed by atoms with Gasteiger partial charge in [-0.05, 0) is 35.1 Å². The molecule has 0 aromatic carbocycles. The van der Waals surface area contributed by atoms with E-state index in [1.165, 1.54) is 19.2 Å². The van der Waals surface area contributed by atoms with Crippen molar-refractivity contribution in [3.8, 4) is 0 Å². The van der Waals surface area contributed by atoms with Crippen LogP contribution in [-0.2, 0) is 16.1 Å². The first-order chi connectivity index (χ1) is 11.5. The Morgan fingerprint density at radius 2 is 2.17 bits per heavy atom. The third kappa shape index (κ3) is 4.10.